The van der Waals surface area contributed by atoms with Crippen LogP contribution in [0.3, 0.4) is 0 Å². The van der Waals surface area contributed by atoms with E-state index < -0.39 is 5.92 Å². The predicted octanol–water partition coefficient (Wildman–Crippen LogP) is 1.26. The number of carbonyl (C=O) groups excluding carboxylic acids is 2. The number of rotatable bonds is 2. The van der Waals surface area contributed by atoms with Crippen LogP contribution in [-0.4, -0.2) is 30.5 Å². The van der Waals surface area contributed by atoms with Crippen LogP contribution in [0.15, 0.2) is 18.3 Å². The molecule has 1 aromatic heterocycles. The van der Waals surface area contributed by atoms with Crippen LogP contribution in [-0.2, 0) is 14.3 Å². The van der Waals surface area contributed by atoms with E-state index in [-0.39, 0.29) is 18.3 Å². The lowest BCUT2D eigenvalue weighted by molar-refractivity contribution is -0.145. The smallest absolute Gasteiger partial charge is 0.311 e. The Balaban J connectivity index is 2.15. The highest BCUT2D eigenvalue weighted by molar-refractivity contribution is 6.29. The van der Waals surface area contributed by atoms with Crippen LogP contribution in [0.2, 0.25) is 5.15 Å². The fourth-order valence-corrected chi connectivity index (χ4v) is 1.92. The number of carbonyl (C=O) groups is 2. The largest absolute Gasteiger partial charge is 0.469 e. The minimum atomic E-state index is -0.400. The summed E-state index contributed by atoms with van der Waals surface area (Å²) < 4.78 is 4.63. The van der Waals surface area contributed by atoms with Gasteiger partial charge < -0.3 is 9.64 Å². The third-order valence-corrected chi connectivity index (χ3v) is 2.91. The first-order valence-electron chi connectivity index (χ1n) is 5.11. The number of hydrogen-bond acceptors (Lipinski definition) is 4. The maximum absolute atomic E-state index is 11.7. The van der Waals surface area contributed by atoms with Crippen molar-refractivity contribution in [2.75, 3.05) is 18.6 Å². The summed E-state index contributed by atoms with van der Waals surface area (Å²) in [5.74, 6) is -0.865. The molecule has 1 unspecified atom stereocenters. The number of ether oxygens (including phenoxy) is 1. The molecule has 1 atom stereocenters. The number of aromatic nitrogens is 1. The molecule has 1 aromatic rings. The van der Waals surface area contributed by atoms with Gasteiger partial charge in [-0.25, -0.2) is 4.98 Å². The second kappa shape index (κ2) is 4.71. The number of amides is 1. The monoisotopic (exact) mass is 254 g/mol. The Morgan fingerprint density at radius 2 is 2.35 bits per heavy atom. The molecule has 1 aliphatic rings. The first-order chi connectivity index (χ1) is 8.11. The Labute approximate surface area is 103 Å². The van der Waals surface area contributed by atoms with E-state index in [1.54, 1.807) is 12.1 Å². The molecule has 0 radical (unpaired) electrons. The minimum absolute atomic E-state index is 0.107. The molecule has 0 bridgehead atoms. The van der Waals surface area contributed by atoms with E-state index in [1.165, 1.54) is 18.2 Å². The number of nitrogens with zero attached hydrogens (tertiary/aromatic N) is 2. The van der Waals surface area contributed by atoms with Crippen molar-refractivity contribution in [3.63, 3.8) is 0 Å². The Bertz CT molecular complexity index is 447. The number of pyridine rings is 1. The number of hydrogen-bond donors (Lipinski definition) is 0. The van der Waals surface area contributed by atoms with Gasteiger partial charge in [-0.3, -0.25) is 9.59 Å². The zero-order valence-electron chi connectivity index (χ0n) is 9.22. The van der Waals surface area contributed by atoms with E-state index in [4.69, 9.17) is 11.6 Å². The first kappa shape index (κ1) is 11.9. The Morgan fingerprint density at radius 1 is 1.59 bits per heavy atom. The quantitative estimate of drug-likeness (QED) is 0.589. The topological polar surface area (TPSA) is 59.5 Å². The molecule has 0 aromatic carbocycles. The summed E-state index contributed by atoms with van der Waals surface area (Å²) in [6.07, 6.45) is 1.69. The Kier molecular flexibility index (Phi) is 3.28. The molecule has 0 saturated carbocycles. The van der Waals surface area contributed by atoms with Crippen molar-refractivity contribution >= 4 is 29.2 Å². The average molecular weight is 255 g/mol. The summed E-state index contributed by atoms with van der Waals surface area (Å²) in [7, 11) is 1.32. The first-order valence-corrected chi connectivity index (χ1v) is 5.49. The molecule has 1 saturated heterocycles. The average Bonchev–Trinajstić information content (AvgIpc) is 2.71. The van der Waals surface area contributed by atoms with Gasteiger partial charge in [-0.05, 0) is 12.1 Å². The molecule has 2 heterocycles. The van der Waals surface area contributed by atoms with Gasteiger partial charge in [0, 0.05) is 13.0 Å². The lowest BCUT2D eigenvalue weighted by Crippen LogP contribution is -2.26. The van der Waals surface area contributed by atoms with Gasteiger partial charge in [0.1, 0.15) is 5.15 Å². The van der Waals surface area contributed by atoms with Crippen LogP contribution < -0.4 is 4.90 Å². The molecule has 5 nitrogen and oxygen atoms in total. The van der Waals surface area contributed by atoms with E-state index in [2.05, 4.69) is 9.72 Å². The molecular weight excluding hydrogens is 244 g/mol. The predicted molar refractivity (Wildman–Crippen MR) is 61.7 cm³/mol. The summed E-state index contributed by atoms with van der Waals surface area (Å²) in [4.78, 5) is 28.5. The minimum Gasteiger partial charge on any atom is -0.469 e. The molecule has 90 valence electrons. The van der Waals surface area contributed by atoms with Crippen LogP contribution in [0.5, 0.6) is 0 Å². The van der Waals surface area contributed by atoms with Gasteiger partial charge in [0.15, 0.2) is 0 Å². The normalized spacial score (nSPS) is 19.5. The van der Waals surface area contributed by atoms with Crippen molar-refractivity contribution in [1.82, 2.24) is 4.98 Å². The van der Waals surface area contributed by atoms with E-state index in [9.17, 15) is 9.59 Å². The summed E-state index contributed by atoms with van der Waals surface area (Å²) in [6, 6.07) is 3.31. The van der Waals surface area contributed by atoms with Crippen molar-refractivity contribution in [3.8, 4) is 0 Å². The van der Waals surface area contributed by atoms with Gasteiger partial charge >= 0.3 is 5.97 Å². The highest BCUT2D eigenvalue weighted by Crippen LogP contribution is 2.25. The molecule has 1 fully saturated rings. The maximum Gasteiger partial charge on any atom is 0.311 e. The summed E-state index contributed by atoms with van der Waals surface area (Å²) in [5, 5.41) is 0.366. The zero-order chi connectivity index (χ0) is 12.4. The van der Waals surface area contributed by atoms with Gasteiger partial charge in [0.2, 0.25) is 5.91 Å². The van der Waals surface area contributed by atoms with Gasteiger partial charge in [0.05, 0.1) is 24.9 Å². The molecule has 1 aliphatic heterocycles. The van der Waals surface area contributed by atoms with Crippen LogP contribution in [0.25, 0.3) is 0 Å². The van der Waals surface area contributed by atoms with Crippen molar-refractivity contribution in [3.05, 3.63) is 23.5 Å². The Morgan fingerprint density at radius 3 is 2.94 bits per heavy atom. The van der Waals surface area contributed by atoms with Crippen LogP contribution in [0.1, 0.15) is 6.42 Å². The molecule has 1 amide bonds. The van der Waals surface area contributed by atoms with Gasteiger partial charge in [-0.1, -0.05) is 11.6 Å². The maximum atomic E-state index is 11.7. The molecule has 0 N–H and O–H groups in total. The SMILES string of the molecule is COC(=O)C1CC(=O)N(c2ccc(Cl)nc2)C1. The molecular formula is C11H11ClN2O3. The third kappa shape index (κ3) is 2.39. The summed E-state index contributed by atoms with van der Waals surface area (Å²) in [5.41, 5.74) is 0.644. The second-order valence-corrected chi connectivity index (χ2v) is 4.15. The van der Waals surface area contributed by atoms with Crippen molar-refractivity contribution < 1.29 is 14.3 Å². The van der Waals surface area contributed by atoms with Gasteiger partial charge in [0.25, 0.3) is 0 Å². The fourth-order valence-electron chi connectivity index (χ4n) is 1.81. The molecule has 0 spiro atoms. The van der Waals surface area contributed by atoms with Crippen molar-refractivity contribution in [2.24, 2.45) is 5.92 Å². The number of anilines is 1. The van der Waals surface area contributed by atoms with Gasteiger partial charge in [-0.2, -0.15) is 0 Å². The second-order valence-electron chi connectivity index (χ2n) is 3.77. The van der Waals surface area contributed by atoms with Crippen LogP contribution in [0, 0.1) is 5.92 Å². The Hall–Kier alpha value is -1.62. The van der Waals surface area contributed by atoms with Crippen LogP contribution >= 0.6 is 11.6 Å². The highest BCUT2D eigenvalue weighted by Gasteiger charge is 2.35. The number of esters is 1. The van der Waals surface area contributed by atoms with Gasteiger partial charge in [-0.15, -0.1) is 0 Å². The standard InChI is InChI=1S/C11H11ClN2O3/c1-17-11(16)7-4-10(15)14(6-7)8-2-3-9(12)13-5-8/h2-3,5,7H,4,6H2,1H3. The lowest BCUT2D eigenvalue weighted by Gasteiger charge is -2.15. The third-order valence-electron chi connectivity index (χ3n) is 2.68. The lowest BCUT2D eigenvalue weighted by atomic mass is 10.1. The van der Waals surface area contributed by atoms with E-state index >= 15 is 0 Å². The molecule has 17 heavy (non-hydrogen) atoms. The molecule has 6 heteroatoms. The molecule has 2 rings (SSSR count). The van der Waals surface area contributed by atoms with E-state index in [0.29, 0.717) is 17.4 Å². The van der Waals surface area contributed by atoms with E-state index in [1.807, 2.05) is 0 Å². The fraction of sp³-hybridized carbons (Fsp3) is 0.364. The van der Waals surface area contributed by atoms with Crippen molar-refractivity contribution in [1.29, 1.82) is 0 Å². The number of halogens is 1. The number of methoxy groups -OCH3 is 1. The van der Waals surface area contributed by atoms with Crippen LogP contribution in [0.4, 0.5) is 5.69 Å². The highest BCUT2D eigenvalue weighted by atomic mass is 35.5. The zero-order valence-corrected chi connectivity index (χ0v) is 9.98. The summed E-state index contributed by atoms with van der Waals surface area (Å²) in [6.45, 7) is 0.328. The summed E-state index contributed by atoms with van der Waals surface area (Å²) >= 11 is 5.67. The molecule has 0 aliphatic carbocycles. The van der Waals surface area contributed by atoms with Crippen molar-refractivity contribution in [2.45, 2.75) is 6.42 Å². The van der Waals surface area contributed by atoms with E-state index in [0.717, 1.165) is 0 Å².